The maximum absolute atomic E-state index is 6.05. The largest absolute Gasteiger partial charge is 0.394 e. The van der Waals surface area contributed by atoms with E-state index in [9.17, 15) is 0 Å². The van der Waals surface area contributed by atoms with Gasteiger partial charge in [-0.1, -0.05) is 0 Å². The van der Waals surface area contributed by atoms with Crippen molar-refractivity contribution >= 4 is 22.8 Å². The SMILES string of the molecule is Cc1csc(CNc2c(N)c(C)nn2C(C)C)n1. The van der Waals surface area contributed by atoms with Crippen molar-refractivity contribution in [1.82, 2.24) is 14.8 Å². The molecule has 2 aromatic rings. The van der Waals surface area contributed by atoms with Gasteiger partial charge in [0, 0.05) is 17.1 Å². The third-order valence-corrected chi connectivity index (χ3v) is 3.66. The van der Waals surface area contributed by atoms with Crippen LogP contribution in [0.3, 0.4) is 0 Å². The summed E-state index contributed by atoms with van der Waals surface area (Å²) < 4.78 is 1.92. The third-order valence-electron chi connectivity index (χ3n) is 2.69. The Balaban J connectivity index is 2.18. The molecule has 0 atom stereocenters. The van der Waals surface area contributed by atoms with Crippen LogP contribution < -0.4 is 11.1 Å². The zero-order chi connectivity index (χ0) is 13.3. The van der Waals surface area contributed by atoms with Gasteiger partial charge in [-0.2, -0.15) is 5.10 Å². The highest BCUT2D eigenvalue weighted by Gasteiger charge is 2.14. The molecule has 98 valence electrons. The maximum Gasteiger partial charge on any atom is 0.148 e. The molecule has 0 aliphatic carbocycles. The van der Waals surface area contributed by atoms with E-state index in [1.807, 2.05) is 23.9 Å². The molecule has 0 bridgehead atoms. The number of hydrogen-bond donors (Lipinski definition) is 2. The number of nitrogens with zero attached hydrogens (tertiary/aromatic N) is 3. The number of nitrogens with two attached hydrogens (primary N) is 1. The van der Waals surface area contributed by atoms with Crippen molar-refractivity contribution in [3.8, 4) is 0 Å². The summed E-state index contributed by atoms with van der Waals surface area (Å²) in [6.07, 6.45) is 0. The van der Waals surface area contributed by atoms with Crippen LogP contribution in [0.15, 0.2) is 5.38 Å². The van der Waals surface area contributed by atoms with E-state index < -0.39 is 0 Å². The molecule has 5 nitrogen and oxygen atoms in total. The number of nitrogen functional groups attached to an aromatic ring is 1. The lowest BCUT2D eigenvalue weighted by molar-refractivity contribution is 0.534. The Morgan fingerprint density at radius 2 is 2.17 bits per heavy atom. The lowest BCUT2D eigenvalue weighted by Gasteiger charge is -2.12. The molecule has 2 rings (SSSR count). The lowest BCUT2D eigenvalue weighted by Crippen LogP contribution is -2.10. The minimum absolute atomic E-state index is 0.279. The molecule has 2 heterocycles. The van der Waals surface area contributed by atoms with Crippen molar-refractivity contribution in [2.24, 2.45) is 0 Å². The summed E-state index contributed by atoms with van der Waals surface area (Å²) in [4.78, 5) is 4.42. The molecular weight excluding hydrogens is 246 g/mol. The van der Waals surface area contributed by atoms with E-state index in [1.54, 1.807) is 11.3 Å². The van der Waals surface area contributed by atoms with Crippen molar-refractivity contribution < 1.29 is 0 Å². The van der Waals surface area contributed by atoms with Crippen LogP contribution in [0.1, 0.15) is 36.3 Å². The van der Waals surface area contributed by atoms with Crippen LogP contribution in [0.2, 0.25) is 0 Å². The van der Waals surface area contributed by atoms with Crippen LogP contribution in [0.5, 0.6) is 0 Å². The molecule has 0 saturated carbocycles. The maximum atomic E-state index is 6.05. The third kappa shape index (κ3) is 2.48. The topological polar surface area (TPSA) is 68.8 Å². The van der Waals surface area contributed by atoms with E-state index >= 15 is 0 Å². The van der Waals surface area contributed by atoms with Gasteiger partial charge in [-0.3, -0.25) is 0 Å². The summed E-state index contributed by atoms with van der Waals surface area (Å²) in [5.41, 5.74) is 8.68. The van der Waals surface area contributed by atoms with Crippen LogP contribution in [-0.2, 0) is 6.54 Å². The Morgan fingerprint density at radius 1 is 1.44 bits per heavy atom. The fraction of sp³-hybridized carbons (Fsp3) is 0.500. The molecule has 0 aliphatic rings. The highest BCUT2D eigenvalue weighted by atomic mass is 32.1. The van der Waals surface area contributed by atoms with E-state index in [0.29, 0.717) is 6.54 Å². The van der Waals surface area contributed by atoms with Gasteiger partial charge in [0.2, 0.25) is 0 Å². The van der Waals surface area contributed by atoms with Gasteiger partial charge >= 0.3 is 0 Å². The molecule has 3 N–H and O–H groups in total. The summed E-state index contributed by atoms with van der Waals surface area (Å²) >= 11 is 1.65. The van der Waals surface area contributed by atoms with Gasteiger partial charge in [-0.25, -0.2) is 9.67 Å². The predicted octanol–water partition coefficient (Wildman–Crippen LogP) is 2.73. The zero-order valence-electron chi connectivity index (χ0n) is 11.2. The number of rotatable bonds is 4. The predicted molar refractivity (Wildman–Crippen MR) is 75.9 cm³/mol. The van der Waals surface area contributed by atoms with E-state index in [0.717, 1.165) is 27.9 Å². The second-order valence-electron chi connectivity index (χ2n) is 4.62. The summed E-state index contributed by atoms with van der Waals surface area (Å²) in [6, 6.07) is 0.279. The van der Waals surface area contributed by atoms with Gasteiger partial charge in [-0.05, 0) is 27.7 Å². The van der Waals surface area contributed by atoms with E-state index in [1.165, 1.54) is 0 Å². The molecule has 0 saturated heterocycles. The molecule has 6 heteroatoms. The zero-order valence-corrected chi connectivity index (χ0v) is 12.0. The molecular formula is C12H19N5S. The summed E-state index contributed by atoms with van der Waals surface area (Å²) in [7, 11) is 0. The number of nitrogens with one attached hydrogen (secondary N) is 1. The first kappa shape index (κ1) is 12.9. The Hall–Kier alpha value is -1.56. The average molecular weight is 265 g/mol. The van der Waals surface area contributed by atoms with Crippen molar-refractivity contribution in [1.29, 1.82) is 0 Å². The number of hydrogen-bond acceptors (Lipinski definition) is 5. The molecule has 0 amide bonds. The van der Waals surface area contributed by atoms with Crippen LogP contribution >= 0.6 is 11.3 Å². The highest BCUT2D eigenvalue weighted by Crippen LogP contribution is 2.26. The van der Waals surface area contributed by atoms with Gasteiger partial charge in [0.1, 0.15) is 10.8 Å². The quantitative estimate of drug-likeness (QED) is 0.892. The highest BCUT2D eigenvalue weighted by molar-refractivity contribution is 7.09. The van der Waals surface area contributed by atoms with Gasteiger partial charge < -0.3 is 11.1 Å². The average Bonchev–Trinajstić information content (AvgIpc) is 2.83. The number of aromatic nitrogens is 3. The molecule has 0 radical (unpaired) electrons. The minimum Gasteiger partial charge on any atom is -0.394 e. The lowest BCUT2D eigenvalue weighted by atomic mass is 10.3. The van der Waals surface area contributed by atoms with E-state index in [4.69, 9.17) is 5.73 Å². The molecule has 0 aromatic carbocycles. The molecule has 0 fully saturated rings. The van der Waals surface area contributed by atoms with Crippen LogP contribution in [-0.4, -0.2) is 14.8 Å². The summed E-state index contributed by atoms with van der Waals surface area (Å²) in [5, 5.41) is 10.9. The van der Waals surface area contributed by atoms with E-state index in [2.05, 4.69) is 29.2 Å². The first-order valence-corrected chi connectivity index (χ1v) is 6.86. The van der Waals surface area contributed by atoms with Crippen molar-refractivity contribution in [3.63, 3.8) is 0 Å². The normalized spacial score (nSPS) is 11.2. The van der Waals surface area contributed by atoms with Crippen LogP contribution in [0.4, 0.5) is 11.5 Å². The van der Waals surface area contributed by atoms with Gasteiger partial charge in [0.15, 0.2) is 0 Å². The monoisotopic (exact) mass is 265 g/mol. The van der Waals surface area contributed by atoms with Crippen LogP contribution in [0, 0.1) is 13.8 Å². The Bertz CT molecular complexity index is 541. The summed E-state index contributed by atoms with van der Waals surface area (Å²) in [5.74, 6) is 0.885. The molecule has 0 aliphatic heterocycles. The second-order valence-corrected chi connectivity index (χ2v) is 5.56. The van der Waals surface area contributed by atoms with Crippen molar-refractivity contribution in [3.05, 3.63) is 21.8 Å². The second kappa shape index (κ2) is 4.97. The first-order valence-electron chi connectivity index (χ1n) is 5.98. The van der Waals surface area contributed by atoms with Gasteiger partial charge in [-0.15, -0.1) is 11.3 Å². The number of aryl methyl sites for hydroxylation is 2. The smallest absolute Gasteiger partial charge is 0.148 e. The number of anilines is 2. The van der Waals surface area contributed by atoms with Crippen molar-refractivity contribution in [2.45, 2.75) is 40.3 Å². The Morgan fingerprint density at radius 3 is 2.72 bits per heavy atom. The van der Waals surface area contributed by atoms with E-state index in [-0.39, 0.29) is 6.04 Å². The minimum atomic E-state index is 0.279. The van der Waals surface area contributed by atoms with Crippen molar-refractivity contribution in [2.75, 3.05) is 11.1 Å². The summed E-state index contributed by atoms with van der Waals surface area (Å²) in [6.45, 7) is 8.78. The Labute approximate surface area is 111 Å². The van der Waals surface area contributed by atoms with Crippen LogP contribution in [0.25, 0.3) is 0 Å². The number of thiazole rings is 1. The molecule has 0 spiro atoms. The van der Waals surface area contributed by atoms with Gasteiger partial charge in [0.25, 0.3) is 0 Å². The molecule has 0 unspecified atom stereocenters. The van der Waals surface area contributed by atoms with Gasteiger partial charge in [0.05, 0.1) is 17.9 Å². The molecule has 18 heavy (non-hydrogen) atoms. The Kier molecular flexibility index (Phi) is 3.56. The molecule has 2 aromatic heterocycles. The first-order chi connectivity index (χ1) is 8.49. The standard InChI is InChI=1S/C12H19N5S/c1-7(2)17-12(11(13)9(4)16-17)14-5-10-15-8(3)6-18-10/h6-7,14H,5,13H2,1-4H3. The fourth-order valence-corrected chi connectivity index (χ4v) is 2.46. The fourth-order valence-electron chi connectivity index (χ4n) is 1.75.